The molecule has 4 heteroatoms. The average molecular weight is 174 g/mol. The maximum atomic E-state index is 12.3. The first-order valence-electron chi connectivity index (χ1n) is 3.43. The fourth-order valence-corrected chi connectivity index (χ4v) is 0.806. The molecule has 0 bridgehead atoms. The Balaban J connectivity index is 2.63. The molecule has 0 saturated carbocycles. The summed E-state index contributed by atoms with van der Waals surface area (Å²) in [5.74, 6) is -3.66. The quantitative estimate of drug-likeness (QED) is 0.659. The summed E-state index contributed by atoms with van der Waals surface area (Å²) in [6.07, 6.45) is 0.474. The van der Waals surface area contributed by atoms with Gasteiger partial charge in [0.25, 0.3) is 5.92 Å². The highest BCUT2D eigenvalue weighted by Crippen LogP contribution is 2.19. The van der Waals surface area contributed by atoms with Crippen LogP contribution in [0.5, 0.6) is 0 Å². The van der Waals surface area contributed by atoms with Crippen molar-refractivity contribution >= 4 is 5.78 Å². The lowest BCUT2D eigenvalue weighted by Crippen LogP contribution is -2.15. The predicted octanol–water partition coefficient (Wildman–Crippen LogP) is 2.51. The van der Waals surface area contributed by atoms with Crippen molar-refractivity contribution in [2.75, 3.05) is 0 Å². The van der Waals surface area contributed by atoms with E-state index in [4.69, 9.17) is 0 Å². The highest BCUT2D eigenvalue weighted by atomic mass is 19.3. The van der Waals surface area contributed by atoms with Crippen LogP contribution in [-0.4, -0.2) is 11.7 Å². The molecule has 0 radical (unpaired) electrons. The lowest BCUT2D eigenvalue weighted by molar-refractivity contribution is 0.0146. The number of ketones is 1. The SMILES string of the molecule is CC(F)(F)CC(=O)c1ccco1. The van der Waals surface area contributed by atoms with Crippen LogP contribution < -0.4 is 0 Å². The van der Waals surface area contributed by atoms with Gasteiger partial charge in [0.2, 0.25) is 5.78 Å². The van der Waals surface area contributed by atoms with Crippen molar-refractivity contribution in [1.82, 2.24) is 0 Å². The lowest BCUT2D eigenvalue weighted by atomic mass is 10.1. The zero-order valence-electron chi connectivity index (χ0n) is 6.51. The molecular weight excluding hydrogens is 166 g/mol. The van der Waals surface area contributed by atoms with Crippen LogP contribution in [0.3, 0.4) is 0 Å². The number of hydrogen-bond donors (Lipinski definition) is 0. The van der Waals surface area contributed by atoms with Gasteiger partial charge >= 0.3 is 0 Å². The molecule has 1 aromatic rings. The minimum atomic E-state index is -2.97. The highest BCUT2D eigenvalue weighted by Gasteiger charge is 2.27. The Hall–Kier alpha value is -1.19. The van der Waals surface area contributed by atoms with Crippen molar-refractivity contribution in [2.24, 2.45) is 0 Å². The summed E-state index contributed by atoms with van der Waals surface area (Å²) in [6, 6.07) is 2.86. The smallest absolute Gasteiger partial charge is 0.252 e. The predicted molar refractivity (Wildman–Crippen MR) is 38.3 cm³/mol. The van der Waals surface area contributed by atoms with Gasteiger partial charge in [-0.2, -0.15) is 0 Å². The van der Waals surface area contributed by atoms with Gasteiger partial charge < -0.3 is 4.42 Å². The topological polar surface area (TPSA) is 30.2 Å². The zero-order chi connectivity index (χ0) is 9.19. The first kappa shape index (κ1) is 8.90. The molecule has 12 heavy (non-hydrogen) atoms. The number of alkyl halides is 2. The summed E-state index contributed by atoms with van der Waals surface area (Å²) in [4.78, 5) is 10.9. The molecule has 0 N–H and O–H groups in total. The van der Waals surface area contributed by atoms with E-state index in [-0.39, 0.29) is 5.76 Å². The second-order valence-corrected chi connectivity index (χ2v) is 2.65. The van der Waals surface area contributed by atoms with Crippen LogP contribution in [0, 0.1) is 0 Å². The van der Waals surface area contributed by atoms with Crippen molar-refractivity contribution < 1.29 is 18.0 Å². The Morgan fingerprint density at radius 1 is 1.67 bits per heavy atom. The normalized spacial score (nSPS) is 11.6. The first-order chi connectivity index (χ1) is 5.49. The number of carbonyl (C=O) groups excluding carboxylic acids is 1. The van der Waals surface area contributed by atoms with Crippen LogP contribution >= 0.6 is 0 Å². The summed E-state index contributed by atoms with van der Waals surface area (Å²) in [5, 5.41) is 0. The zero-order valence-corrected chi connectivity index (χ0v) is 6.51. The van der Waals surface area contributed by atoms with Crippen LogP contribution in [0.25, 0.3) is 0 Å². The fourth-order valence-electron chi connectivity index (χ4n) is 0.806. The number of halogens is 2. The fraction of sp³-hybridized carbons (Fsp3) is 0.375. The summed E-state index contributed by atoms with van der Waals surface area (Å²) in [7, 11) is 0. The van der Waals surface area contributed by atoms with Crippen LogP contribution in [-0.2, 0) is 0 Å². The Morgan fingerprint density at radius 3 is 2.75 bits per heavy atom. The molecule has 2 nitrogen and oxygen atoms in total. The highest BCUT2D eigenvalue weighted by molar-refractivity contribution is 5.93. The van der Waals surface area contributed by atoms with Gasteiger partial charge in [-0.3, -0.25) is 4.79 Å². The molecule has 0 unspecified atom stereocenters. The first-order valence-corrected chi connectivity index (χ1v) is 3.43. The second kappa shape index (κ2) is 3.05. The summed E-state index contributed by atoms with van der Waals surface area (Å²) in [5.41, 5.74) is 0. The molecule has 0 atom stereocenters. The van der Waals surface area contributed by atoms with Gasteiger partial charge in [0, 0.05) is 0 Å². The maximum absolute atomic E-state index is 12.3. The van der Waals surface area contributed by atoms with Crippen molar-refractivity contribution in [3.63, 3.8) is 0 Å². The Bertz CT molecular complexity index is 259. The van der Waals surface area contributed by atoms with Crippen molar-refractivity contribution in [3.05, 3.63) is 24.2 Å². The molecule has 0 spiro atoms. The van der Waals surface area contributed by atoms with Gasteiger partial charge in [0.1, 0.15) is 0 Å². The van der Waals surface area contributed by atoms with Crippen LogP contribution in [0.4, 0.5) is 8.78 Å². The van der Waals surface area contributed by atoms with E-state index >= 15 is 0 Å². The molecule has 0 aliphatic carbocycles. The monoisotopic (exact) mass is 174 g/mol. The van der Waals surface area contributed by atoms with Gasteiger partial charge in [-0.1, -0.05) is 0 Å². The lowest BCUT2D eigenvalue weighted by Gasteiger charge is -2.06. The molecule has 0 aliphatic heterocycles. The maximum Gasteiger partial charge on any atom is 0.252 e. The minimum Gasteiger partial charge on any atom is -0.461 e. The van der Waals surface area contributed by atoms with Gasteiger partial charge in [-0.05, 0) is 19.1 Å². The third-order valence-electron chi connectivity index (χ3n) is 1.27. The van der Waals surface area contributed by atoms with Gasteiger partial charge in [-0.25, -0.2) is 8.78 Å². The summed E-state index contributed by atoms with van der Waals surface area (Å²) >= 11 is 0. The molecule has 0 fully saturated rings. The van der Waals surface area contributed by atoms with Crippen LogP contribution in [0.15, 0.2) is 22.8 Å². The van der Waals surface area contributed by atoms with Gasteiger partial charge in [0.05, 0.1) is 12.7 Å². The van der Waals surface area contributed by atoms with E-state index in [2.05, 4.69) is 4.42 Å². The average Bonchev–Trinajstić information content (AvgIpc) is 2.32. The molecule has 1 aromatic heterocycles. The number of hydrogen-bond acceptors (Lipinski definition) is 2. The molecule has 0 amide bonds. The summed E-state index contributed by atoms with van der Waals surface area (Å²) in [6.45, 7) is 0.702. The van der Waals surface area contributed by atoms with E-state index in [1.165, 1.54) is 18.4 Å². The number of Topliss-reactive ketones (excluding diaryl/α,β-unsaturated/α-hetero) is 1. The van der Waals surface area contributed by atoms with E-state index in [0.29, 0.717) is 6.92 Å². The molecule has 0 aliphatic rings. The molecule has 1 heterocycles. The molecular formula is C8H8F2O2. The second-order valence-electron chi connectivity index (χ2n) is 2.65. The largest absolute Gasteiger partial charge is 0.461 e. The van der Waals surface area contributed by atoms with Crippen molar-refractivity contribution in [3.8, 4) is 0 Å². The number of furan rings is 1. The minimum absolute atomic E-state index is 0.0171. The number of rotatable bonds is 3. The molecule has 1 rings (SSSR count). The molecule has 0 saturated heterocycles. The van der Waals surface area contributed by atoms with E-state index in [1.54, 1.807) is 0 Å². The molecule has 66 valence electrons. The van der Waals surface area contributed by atoms with Crippen LogP contribution in [0.1, 0.15) is 23.9 Å². The van der Waals surface area contributed by atoms with Crippen molar-refractivity contribution in [2.45, 2.75) is 19.3 Å². The Labute approximate surface area is 68.2 Å². The third kappa shape index (κ3) is 2.45. The van der Waals surface area contributed by atoms with Gasteiger partial charge in [0.15, 0.2) is 5.76 Å². The van der Waals surface area contributed by atoms with Gasteiger partial charge in [-0.15, -0.1) is 0 Å². The Kier molecular flexibility index (Phi) is 2.26. The number of carbonyl (C=O) groups is 1. The summed E-state index contributed by atoms with van der Waals surface area (Å²) < 4.78 is 29.3. The van der Waals surface area contributed by atoms with E-state index in [1.807, 2.05) is 0 Å². The van der Waals surface area contributed by atoms with Crippen molar-refractivity contribution in [1.29, 1.82) is 0 Å². The van der Waals surface area contributed by atoms with E-state index in [0.717, 1.165) is 0 Å². The molecule has 0 aromatic carbocycles. The third-order valence-corrected chi connectivity index (χ3v) is 1.27. The van der Waals surface area contributed by atoms with E-state index in [9.17, 15) is 13.6 Å². The standard InChI is InChI=1S/C8H8F2O2/c1-8(9,10)5-6(11)7-3-2-4-12-7/h2-4H,5H2,1H3. The van der Waals surface area contributed by atoms with E-state index < -0.39 is 18.1 Å². The Morgan fingerprint density at radius 2 is 2.33 bits per heavy atom. The van der Waals surface area contributed by atoms with Crippen LogP contribution in [0.2, 0.25) is 0 Å².